The van der Waals surface area contributed by atoms with Crippen molar-refractivity contribution in [1.82, 2.24) is 0 Å². The summed E-state index contributed by atoms with van der Waals surface area (Å²) >= 11 is 0. The Morgan fingerprint density at radius 1 is 1.57 bits per heavy atom. The fraction of sp³-hybridized carbons (Fsp3) is 0.600. The van der Waals surface area contributed by atoms with Crippen LogP contribution in [0.2, 0.25) is 0 Å². The van der Waals surface area contributed by atoms with E-state index in [1.54, 1.807) is 6.92 Å². The lowest BCUT2D eigenvalue weighted by molar-refractivity contribution is -0.138. The number of esters is 1. The van der Waals surface area contributed by atoms with Crippen molar-refractivity contribution in [2.24, 2.45) is 0 Å². The van der Waals surface area contributed by atoms with Crippen LogP contribution in [0.5, 0.6) is 0 Å². The van der Waals surface area contributed by atoms with Gasteiger partial charge in [0.1, 0.15) is 11.6 Å². The maximum Gasteiger partial charge on any atom is 0.348 e. The minimum atomic E-state index is -0.508. The van der Waals surface area contributed by atoms with E-state index in [0.29, 0.717) is 32.7 Å². The molecule has 1 aliphatic rings. The molecule has 1 rings (SSSR count). The first-order valence-corrected chi connectivity index (χ1v) is 4.66. The highest BCUT2D eigenvalue weighted by Gasteiger charge is 2.18. The molecule has 0 aliphatic carbocycles. The van der Waals surface area contributed by atoms with Gasteiger partial charge in [-0.25, -0.2) is 4.79 Å². The van der Waals surface area contributed by atoms with Gasteiger partial charge < -0.3 is 9.47 Å². The first-order valence-electron chi connectivity index (χ1n) is 4.66. The predicted molar refractivity (Wildman–Crippen MR) is 49.3 cm³/mol. The third-order valence-corrected chi connectivity index (χ3v) is 2.04. The predicted octanol–water partition coefficient (Wildman–Crippen LogP) is 1.18. The van der Waals surface area contributed by atoms with Gasteiger partial charge in [-0.05, 0) is 25.3 Å². The van der Waals surface area contributed by atoms with E-state index in [4.69, 9.17) is 14.7 Å². The monoisotopic (exact) mass is 195 g/mol. The van der Waals surface area contributed by atoms with E-state index in [1.807, 2.05) is 6.07 Å². The molecule has 0 aromatic rings. The lowest BCUT2D eigenvalue weighted by Crippen LogP contribution is -2.14. The Kier molecular flexibility index (Phi) is 4.14. The van der Waals surface area contributed by atoms with E-state index in [9.17, 15) is 4.79 Å². The van der Waals surface area contributed by atoms with E-state index < -0.39 is 5.97 Å². The van der Waals surface area contributed by atoms with Crippen molar-refractivity contribution in [3.63, 3.8) is 0 Å². The lowest BCUT2D eigenvalue weighted by atomic mass is 10.0. The van der Waals surface area contributed by atoms with Crippen LogP contribution in [0.15, 0.2) is 11.1 Å². The third-order valence-electron chi connectivity index (χ3n) is 2.04. The SMILES string of the molecule is CCOC(=O)C(C#N)=C1CCOCC1. The van der Waals surface area contributed by atoms with Crippen molar-refractivity contribution in [3.05, 3.63) is 11.1 Å². The maximum atomic E-state index is 11.3. The van der Waals surface area contributed by atoms with Gasteiger partial charge in [-0.2, -0.15) is 5.26 Å². The van der Waals surface area contributed by atoms with Gasteiger partial charge in [-0.3, -0.25) is 0 Å². The molecule has 0 N–H and O–H groups in total. The smallest absolute Gasteiger partial charge is 0.348 e. The van der Waals surface area contributed by atoms with E-state index >= 15 is 0 Å². The van der Waals surface area contributed by atoms with Gasteiger partial charge in [0, 0.05) is 0 Å². The van der Waals surface area contributed by atoms with Crippen molar-refractivity contribution < 1.29 is 14.3 Å². The molecule has 4 nitrogen and oxygen atoms in total. The van der Waals surface area contributed by atoms with Crippen molar-refractivity contribution in [3.8, 4) is 6.07 Å². The second-order valence-electron chi connectivity index (χ2n) is 2.92. The molecule has 0 saturated carbocycles. The molecule has 0 atom stereocenters. The zero-order chi connectivity index (χ0) is 10.4. The number of ether oxygens (including phenoxy) is 2. The summed E-state index contributed by atoms with van der Waals surface area (Å²) in [6.45, 7) is 3.19. The number of hydrogen-bond donors (Lipinski definition) is 0. The Morgan fingerprint density at radius 3 is 2.71 bits per heavy atom. The van der Waals surface area contributed by atoms with Gasteiger partial charge in [0.15, 0.2) is 0 Å². The summed E-state index contributed by atoms with van der Waals surface area (Å²) in [5.74, 6) is -0.508. The Morgan fingerprint density at radius 2 is 2.21 bits per heavy atom. The standard InChI is InChI=1S/C10H13NO3/c1-2-14-10(12)9(7-11)8-3-5-13-6-4-8/h2-6H2,1H3. The van der Waals surface area contributed by atoms with E-state index in [2.05, 4.69) is 0 Å². The largest absolute Gasteiger partial charge is 0.462 e. The normalized spacial score (nSPS) is 15.9. The molecule has 1 aliphatic heterocycles. The zero-order valence-corrected chi connectivity index (χ0v) is 8.21. The second kappa shape index (κ2) is 5.40. The van der Waals surface area contributed by atoms with Crippen molar-refractivity contribution in [2.45, 2.75) is 19.8 Å². The second-order valence-corrected chi connectivity index (χ2v) is 2.92. The van der Waals surface area contributed by atoms with Crippen molar-refractivity contribution >= 4 is 5.97 Å². The summed E-state index contributed by atoms with van der Waals surface area (Å²) in [5, 5.41) is 8.83. The molecule has 0 spiro atoms. The van der Waals surface area contributed by atoms with Gasteiger partial charge in [0.25, 0.3) is 0 Å². The molecule has 0 radical (unpaired) electrons. The first kappa shape index (κ1) is 10.7. The average molecular weight is 195 g/mol. The number of carbonyl (C=O) groups excluding carboxylic acids is 1. The van der Waals surface area contributed by atoms with Gasteiger partial charge in [-0.1, -0.05) is 0 Å². The summed E-state index contributed by atoms with van der Waals surface area (Å²) in [6, 6.07) is 1.91. The van der Waals surface area contributed by atoms with Crippen LogP contribution in [0.3, 0.4) is 0 Å². The lowest BCUT2D eigenvalue weighted by Gasteiger charge is -2.15. The minimum Gasteiger partial charge on any atom is -0.462 e. The Balaban J connectivity index is 2.77. The van der Waals surface area contributed by atoms with Gasteiger partial charge >= 0.3 is 5.97 Å². The summed E-state index contributed by atoms with van der Waals surface area (Å²) in [5.41, 5.74) is 1.02. The molecule has 1 heterocycles. The number of rotatable bonds is 2. The van der Waals surface area contributed by atoms with Gasteiger partial charge in [0.05, 0.1) is 19.8 Å². The minimum absolute atomic E-state index is 0.162. The van der Waals surface area contributed by atoms with Crippen molar-refractivity contribution in [1.29, 1.82) is 5.26 Å². The highest BCUT2D eigenvalue weighted by atomic mass is 16.5. The summed E-state index contributed by atoms with van der Waals surface area (Å²) in [7, 11) is 0. The molecule has 0 unspecified atom stereocenters. The summed E-state index contributed by atoms with van der Waals surface area (Å²) in [6.07, 6.45) is 1.31. The van der Waals surface area contributed by atoms with E-state index in [-0.39, 0.29) is 5.57 Å². The van der Waals surface area contributed by atoms with E-state index in [1.165, 1.54) is 0 Å². The summed E-state index contributed by atoms with van der Waals surface area (Å²) in [4.78, 5) is 11.3. The fourth-order valence-corrected chi connectivity index (χ4v) is 1.34. The van der Waals surface area contributed by atoms with Crippen LogP contribution < -0.4 is 0 Å². The Labute approximate surface area is 83.1 Å². The fourth-order valence-electron chi connectivity index (χ4n) is 1.34. The average Bonchev–Trinajstić information content (AvgIpc) is 2.21. The third kappa shape index (κ3) is 2.57. The molecule has 0 aromatic heterocycles. The number of carbonyl (C=O) groups is 1. The van der Waals surface area contributed by atoms with E-state index in [0.717, 1.165) is 5.57 Å². The molecular weight excluding hydrogens is 182 g/mol. The topological polar surface area (TPSA) is 59.3 Å². The van der Waals surface area contributed by atoms with Crippen LogP contribution in [-0.2, 0) is 14.3 Å². The molecule has 76 valence electrons. The van der Waals surface area contributed by atoms with Gasteiger partial charge in [0.2, 0.25) is 0 Å². The van der Waals surface area contributed by atoms with Crippen LogP contribution in [-0.4, -0.2) is 25.8 Å². The number of nitrogens with zero attached hydrogens (tertiary/aromatic N) is 1. The molecular formula is C10H13NO3. The molecule has 14 heavy (non-hydrogen) atoms. The van der Waals surface area contributed by atoms with Gasteiger partial charge in [-0.15, -0.1) is 0 Å². The molecule has 1 fully saturated rings. The molecule has 1 saturated heterocycles. The highest BCUT2D eigenvalue weighted by Crippen LogP contribution is 2.18. The zero-order valence-electron chi connectivity index (χ0n) is 8.21. The molecule has 0 bridgehead atoms. The number of nitriles is 1. The molecule has 4 heteroatoms. The molecule has 0 aromatic carbocycles. The van der Waals surface area contributed by atoms with Crippen LogP contribution in [0.1, 0.15) is 19.8 Å². The summed E-state index contributed by atoms with van der Waals surface area (Å²) < 4.78 is 9.93. The van der Waals surface area contributed by atoms with Crippen molar-refractivity contribution in [2.75, 3.05) is 19.8 Å². The Bertz CT molecular complexity index is 280. The Hall–Kier alpha value is -1.34. The first-order chi connectivity index (χ1) is 6.79. The van der Waals surface area contributed by atoms with Crippen LogP contribution in [0.25, 0.3) is 0 Å². The number of hydrogen-bond acceptors (Lipinski definition) is 4. The van der Waals surface area contributed by atoms with Crippen LogP contribution in [0, 0.1) is 11.3 Å². The molecule has 0 amide bonds. The quantitative estimate of drug-likeness (QED) is 0.377. The van der Waals surface area contributed by atoms with Crippen LogP contribution >= 0.6 is 0 Å². The maximum absolute atomic E-state index is 11.3. The highest BCUT2D eigenvalue weighted by molar-refractivity contribution is 5.93. The van der Waals surface area contributed by atoms with Crippen LogP contribution in [0.4, 0.5) is 0 Å².